The van der Waals surface area contributed by atoms with E-state index in [1.54, 1.807) is 53.5 Å². The first-order chi connectivity index (χ1) is 49.3. The van der Waals surface area contributed by atoms with E-state index in [0.29, 0.717) is 145 Å². The smallest absolute Gasteiger partial charge is 0.329 e. The predicted octanol–water partition coefficient (Wildman–Crippen LogP) is 7.62. The Kier molecular flexibility index (Phi) is 31.9. The summed E-state index contributed by atoms with van der Waals surface area (Å²) in [6.07, 6.45) is 18.8. The van der Waals surface area contributed by atoms with Gasteiger partial charge in [0.25, 0.3) is 11.7 Å². The molecule has 570 valence electrons. The zero-order valence-corrected chi connectivity index (χ0v) is 63.4. The number of esters is 1. The van der Waals surface area contributed by atoms with Crippen molar-refractivity contribution in [3.8, 4) is 0 Å². The molecule has 0 unspecified atom stereocenters. The van der Waals surface area contributed by atoms with Gasteiger partial charge >= 0.3 is 5.97 Å². The van der Waals surface area contributed by atoms with E-state index in [9.17, 15) is 44.1 Å². The second-order valence-electron chi connectivity index (χ2n) is 29.5. The van der Waals surface area contributed by atoms with Gasteiger partial charge in [0.05, 0.1) is 49.6 Å². The van der Waals surface area contributed by atoms with Crippen molar-refractivity contribution in [1.29, 1.82) is 0 Å². The van der Waals surface area contributed by atoms with Crippen LogP contribution in [0, 0.1) is 35.5 Å². The molecule has 2 aromatic heterocycles. The Bertz CT molecular complexity index is 3250. The van der Waals surface area contributed by atoms with Crippen LogP contribution in [0.1, 0.15) is 161 Å². The van der Waals surface area contributed by atoms with Gasteiger partial charge < -0.3 is 68.1 Å². The highest BCUT2D eigenvalue weighted by Crippen LogP contribution is 2.39. The molecule has 25 nitrogen and oxygen atoms in total. The maximum Gasteiger partial charge on any atom is 0.329 e. The number of hydrogen-bond acceptors (Lipinski definition) is 24. The van der Waals surface area contributed by atoms with Gasteiger partial charge in [0.1, 0.15) is 30.5 Å². The summed E-state index contributed by atoms with van der Waals surface area (Å²) in [5.41, 5.74) is 2.70. The first-order valence-electron chi connectivity index (χ1n) is 37.4. The minimum Gasteiger partial charge on any atom is -0.481 e. The highest BCUT2D eigenvalue weighted by molar-refractivity contribution is 7.80. The number of nitrogens with zero attached hydrogens (tertiary/aromatic N) is 9. The van der Waals surface area contributed by atoms with Crippen LogP contribution in [-0.4, -0.2) is 251 Å². The molecule has 3 N–H and O–H groups in total. The second kappa shape index (κ2) is 39.9. The van der Waals surface area contributed by atoms with Crippen molar-refractivity contribution in [2.24, 2.45) is 35.5 Å². The number of hydrogen-bond donors (Lipinski definition) is 3. The molecule has 1 saturated carbocycles. The molecule has 4 saturated heterocycles. The van der Waals surface area contributed by atoms with E-state index in [1.165, 1.54) is 18.9 Å². The molecule has 2 bridgehead atoms. The fourth-order valence-electron chi connectivity index (χ4n) is 15.1. The van der Waals surface area contributed by atoms with Crippen LogP contribution < -0.4 is 9.80 Å². The molecular weight excluding hydrogens is 1340 g/mol. The lowest BCUT2D eigenvalue weighted by Crippen LogP contribution is -2.61. The highest BCUT2D eigenvalue weighted by Gasteiger charge is 2.53. The SMILES string of the molecule is CO[C@H]1C[C@@H]2CC[C@@H](C)[C@@](O)(O2)C(=O)C(=O)N2CCCC[C@H]2C(=O)O[C@H]([C@H](C)C[C@@H]2CC[C@@H](OC(=S)CCc3cnc(N4CCN(C(=O)CCOCCN5CCN(c6ncc(C(C)=O)cn6)CC5)CC4)nc3)[C@H](OC)C2)C[C@@H](O)[C@H](C)/C=C(\C)[C@@H](O)[C@@H](OC)C(=O)[C@H](C)C[C@H](C)/C=C/C=C/C=C/1C. The number of aromatic nitrogens is 4. The zero-order chi connectivity index (χ0) is 74.5. The minimum atomic E-state index is -2.46. The average Bonchev–Trinajstić information content (AvgIpc) is 0.774. The Morgan fingerprint density at radius 1 is 0.738 bits per heavy atom. The van der Waals surface area contributed by atoms with Crippen molar-refractivity contribution in [2.45, 2.75) is 212 Å². The molecule has 0 aromatic carbocycles. The Morgan fingerprint density at radius 2 is 1.42 bits per heavy atom. The van der Waals surface area contributed by atoms with E-state index in [2.05, 4.69) is 34.6 Å². The number of anilines is 2. The van der Waals surface area contributed by atoms with Crippen molar-refractivity contribution in [3.05, 3.63) is 83.5 Å². The monoisotopic (exact) mass is 1450 g/mol. The molecule has 2 aromatic rings. The molecule has 8 rings (SSSR count). The van der Waals surface area contributed by atoms with Crippen molar-refractivity contribution < 1.29 is 77.2 Å². The summed E-state index contributed by atoms with van der Waals surface area (Å²) >= 11 is 5.83. The maximum atomic E-state index is 14.8. The number of carbonyl (C=O) groups excluding carboxylic acids is 6. The number of amides is 2. The summed E-state index contributed by atoms with van der Waals surface area (Å²) < 4.78 is 42.8. The van der Waals surface area contributed by atoms with Gasteiger partial charge in [-0.25, -0.2) is 24.7 Å². The van der Waals surface area contributed by atoms with Crippen LogP contribution in [0.5, 0.6) is 0 Å². The summed E-state index contributed by atoms with van der Waals surface area (Å²) in [6.45, 7) is 21.7. The molecule has 1 aliphatic carbocycles. The number of Topliss-reactive ketones (excluding diaryl/α,β-unsaturated/α-hetero) is 3. The lowest BCUT2D eigenvalue weighted by atomic mass is 9.78. The van der Waals surface area contributed by atoms with E-state index in [0.717, 1.165) is 50.3 Å². The van der Waals surface area contributed by atoms with E-state index < -0.39 is 83.9 Å². The first-order valence-corrected chi connectivity index (χ1v) is 37.8. The van der Waals surface area contributed by atoms with Crippen LogP contribution in [0.25, 0.3) is 0 Å². The van der Waals surface area contributed by atoms with Crippen molar-refractivity contribution >= 4 is 64.3 Å². The highest BCUT2D eigenvalue weighted by atomic mass is 32.1. The topological polar surface area (TPSA) is 295 Å². The molecule has 2 amide bonds. The summed E-state index contributed by atoms with van der Waals surface area (Å²) in [5.74, 6) is -6.41. The van der Waals surface area contributed by atoms with Crippen LogP contribution in [0.3, 0.4) is 0 Å². The summed E-state index contributed by atoms with van der Waals surface area (Å²) in [4.78, 5) is 110. The fourth-order valence-corrected chi connectivity index (χ4v) is 15.3. The van der Waals surface area contributed by atoms with Gasteiger partial charge in [-0.15, -0.1) is 0 Å². The number of carbonyl (C=O) groups is 6. The molecule has 103 heavy (non-hydrogen) atoms. The second-order valence-corrected chi connectivity index (χ2v) is 30.0. The van der Waals surface area contributed by atoms with Crippen LogP contribution >= 0.6 is 12.2 Å². The molecular formula is C77H115N9O16S. The third-order valence-corrected chi connectivity index (χ3v) is 22.2. The number of ether oxygens (including phenoxy) is 7. The van der Waals surface area contributed by atoms with E-state index in [4.69, 9.17) is 45.4 Å². The Labute approximate surface area is 614 Å². The number of fused-ring (bicyclic) bond motifs is 3. The van der Waals surface area contributed by atoms with Gasteiger partial charge in [-0.2, -0.15) is 0 Å². The molecule has 5 aliphatic heterocycles. The summed E-state index contributed by atoms with van der Waals surface area (Å²) in [6, 6.07) is -1.16. The van der Waals surface area contributed by atoms with Gasteiger partial charge in [-0.1, -0.05) is 71.1 Å². The Morgan fingerprint density at radius 3 is 2.08 bits per heavy atom. The lowest BCUT2D eigenvalue weighted by molar-refractivity contribution is -0.265. The number of allylic oxidation sites excluding steroid dienone is 5. The van der Waals surface area contributed by atoms with Gasteiger partial charge in [0.2, 0.25) is 23.6 Å². The summed E-state index contributed by atoms with van der Waals surface area (Å²) in [5, 5.41) is 36.4. The molecule has 26 heteroatoms. The molecule has 16 atom stereocenters. The molecule has 5 fully saturated rings. The maximum absolute atomic E-state index is 14.8. The fraction of sp³-hybridized carbons (Fsp3) is 0.701. The molecule has 0 radical (unpaired) electrons. The first kappa shape index (κ1) is 82.3. The summed E-state index contributed by atoms with van der Waals surface area (Å²) in [7, 11) is 4.63. The van der Waals surface area contributed by atoms with E-state index in [1.807, 2.05) is 75.4 Å². The standard InChI is InChI=1S/C77H115N9O16S/c1-49-17-13-12-14-18-50(2)64(96-9)43-60-23-20-55(7)77(95,102-60)72(92)73(93)86-27-16-15-19-61(86)74(94)101-65(44-62(88)51(3)40-54(6)70(91)71(98-11)69(90)53(5)39-49)52(4)41-57-21-24-63(66(42-57)97-10)100-68(103)25-22-58-45-78-75(79-46-58)85-34-32-83(33-35-85)67(89)26-37-99-38-36-82-28-30-84(31-29-82)76-80-47-59(48-81-76)56(8)87/h12-14,17-18,40,45-49,51-53,55,57,60-66,70-71,88,91,95H,15-16,19-39,41-44H2,1-11H3/b14-12+,17-13+,50-18+,54-40+/t49-,51-,52-,53-,55-,57+,60+,61+,62-,63-,64+,65+,66-,70-,71+,77-/m1/s1. The number of piperidine rings is 1. The predicted molar refractivity (Wildman–Crippen MR) is 393 cm³/mol. The van der Waals surface area contributed by atoms with Crippen LogP contribution in [0.4, 0.5) is 11.9 Å². The van der Waals surface area contributed by atoms with Crippen LogP contribution in [0.2, 0.25) is 0 Å². The quantitative estimate of drug-likeness (QED) is 0.0304. The van der Waals surface area contributed by atoms with E-state index >= 15 is 0 Å². The number of aryl methyl sites for hydroxylation is 1. The molecule has 7 heterocycles. The largest absolute Gasteiger partial charge is 0.481 e. The Balaban J connectivity index is 0.840. The number of methoxy groups -OCH3 is 3. The van der Waals surface area contributed by atoms with Crippen molar-refractivity contribution in [1.82, 2.24) is 34.6 Å². The number of cyclic esters (lactones) is 1. The number of rotatable bonds is 19. The minimum absolute atomic E-state index is 0.00391. The number of aliphatic hydroxyl groups is 3. The third kappa shape index (κ3) is 23.1. The number of thiocarbonyl (C=S) groups is 1. The number of aliphatic hydroxyl groups excluding tert-OH is 2. The lowest BCUT2D eigenvalue weighted by Gasteiger charge is -2.43. The molecule has 6 aliphatic rings. The van der Waals surface area contributed by atoms with Crippen molar-refractivity contribution in [3.63, 3.8) is 0 Å². The third-order valence-electron chi connectivity index (χ3n) is 21.9. The van der Waals surface area contributed by atoms with Crippen LogP contribution in [0.15, 0.2) is 72.4 Å². The molecule has 0 spiro atoms. The number of ketones is 3. The van der Waals surface area contributed by atoms with Crippen LogP contribution in [-0.2, 0) is 63.6 Å². The normalized spacial score (nSPS) is 32.4. The van der Waals surface area contributed by atoms with Gasteiger partial charge in [-0.3, -0.25) is 28.9 Å². The van der Waals surface area contributed by atoms with E-state index in [-0.39, 0.29) is 66.8 Å². The van der Waals surface area contributed by atoms with Crippen molar-refractivity contribution in [2.75, 3.05) is 110 Å². The van der Waals surface area contributed by atoms with Gasteiger partial charge in [-0.05, 0) is 138 Å². The van der Waals surface area contributed by atoms with Gasteiger partial charge in [0.15, 0.2) is 16.6 Å². The average molecular weight is 1450 g/mol. The zero-order valence-electron chi connectivity index (χ0n) is 62.6. The Hall–Kier alpha value is -6.33. The number of piperazine rings is 2. The van der Waals surface area contributed by atoms with Gasteiger partial charge in [0, 0.05) is 149 Å².